The maximum Gasteiger partial charge on any atom is 0.446 e. The molecule has 1 heterocycles. The Hall–Kier alpha value is -1.21. The molecule has 1 N–H and O–H groups in total. The second kappa shape index (κ2) is 6.05. The summed E-state index contributed by atoms with van der Waals surface area (Å²) in [6, 6.07) is 5.68. The summed E-state index contributed by atoms with van der Waals surface area (Å²) in [7, 11) is 0. The fraction of sp³-hybridized carbons (Fsp3) is 0.462. The number of thioether (sulfide) groups is 1. The van der Waals surface area contributed by atoms with Gasteiger partial charge in [-0.25, -0.2) is 0 Å². The lowest BCUT2D eigenvalue weighted by molar-refractivity contribution is -0.151. The molecule has 20 heavy (non-hydrogen) atoms. The molecule has 0 bridgehead atoms. The van der Waals surface area contributed by atoms with E-state index >= 15 is 0 Å². The van der Waals surface area contributed by atoms with Gasteiger partial charge in [-0.3, -0.25) is 4.79 Å². The van der Waals surface area contributed by atoms with E-state index < -0.39 is 23.5 Å². The molecule has 1 aliphatic rings. The van der Waals surface area contributed by atoms with Crippen LogP contribution in [0.15, 0.2) is 29.2 Å². The van der Waals surface area contributed by atoms with Crippen LogP contribution in [0.4, 0.5) is 13.2 Å². The maximum atomic E-state index is 12.2. The van der Waals surface area contributed by atoms with Crippen LogP contribution < -0.4 is 0 Å². The number of ether oxygens (including phenoxy) is 1. The van der Waals surface area contributed by atoms with Gasteiger partial charge in [-0.05, 0) is 42.3 Å². The van der Waals surface area contributed by atoms with Gasteiger partial charge in [0, 0.05) is 11.5 Å². The highest BCUT2D eigenvalue weighted by molar-refractivity contribution is 8.00. The van der Waals surface area contributed by atoms with E-state index in [4.69, 9.17) is 9.84 Å². The Bertz CT molecular complexity index is 473. The Balaban J connectivity index is 2.14. The average molecular weight is 306 g/mol. The van der Waals surface area contributed by atoms with Gasteiger partial charge in [0.25, 0.3) is 0 Å². The molecule has 0 aliphatic carbocycles. The van der Waals surface area contributed by atoms with Crippen molar-refractivity contribution in [1.29, 1.82) is 0 Å². The third-order valence-corrected chi connectivity index (χ3v) is 3.82. The molecule has 2 atom stereocenters. The van der Waals surface area contributed by atoms with E-state index in [1.165, 1.54) is 24.3 Å². The smallest absolute Gasteiger partial charge is 0.446 e. The van der Waals surface area contributed by atoms with Crippen molar-refractivity contribution in [2.24, 2.45) is 5.92 Å². The van der Waals surface area contributed by atoms with Crippen molar-refractivity contribution in [1.82, 2.24) is 0 Å². The molecule has 0 radical (unpaired) electrons. The molecule has 110 valence electrons. The van der Waals surface area contributed by atoms with Crippen molar-refractivity contribution in [3.8, 4) is 0 Å². The molecule has 2 rings (SSSR count). The minimum Gasteiger partial charge on any atom is -0.481 e. The van der Waals surface area contributed by atoms with Gasteiger partial charge < -0.3 is 9.84 Å². The molecule has 1 saturated heterocycles. The first-order valence-electron chi connectivity index (χ1n) is 6.07. The van der Waals surface area contributed by atoms with Gasteiger partial charge in [0.1, 0.15) is 0 Å². The molecule has 1 aromatic carbocycles. The fourth-order valence-electron chi connectivity index (χ4n) is 2.22. The number of carboxylic acid groups (broad SMARTS) is 1. The van der Waals surface area contributed by atoms with Gasteiger partial charge in [-0.15, -0.1) is 0 Å². The lowest BCUT2D eigenvalue weighted by Crippen LogP contribution is -2.28. The molecule has 0 aromatic heterocycles. The zero-order chi connectivity index (χ0) is 14.8. The van der Waals surface area contributed by atoms with Crippen molar-refractivity contribution in [2.75, 3.05) is 6.61 Å². The summed E-state index contributed by atoms with van der Waals surface area (Å²) in [6.07, 6.45) is 0.598. The van der Waals surface area contributed by atoms with Crippen LogP contribution in [0.2, 0.25) is 0 Å². The van der Waals surface area contributed by atoms with E-state index in [1.807, 2.05) is 0 Å². The molecular weight excluding hydrogens is 293 g/mol. The van der Waals surface area contributed by atoms with Gasteiger partial charge in [-0.2, -0.15) is 13.2 Å². The SMILES string of the molecule is O=C(O)C1CCCOC1c1ccc(SC(F)(F)F)cc1. The van der Waals surface area contributed by atoms with E-state index in [-0.39, 0.29) is 16.7 Å². The molecule has 0 spiro atoms. The average Bonchev–Trinajstić information content (AvgIpc) is 2.38. The standard InChI is InChI=1S/C13H13F3O3S/c14-13(15,16)20-9-5-3-8(4-6-9)11-10(12(17)18)2-1-7-19-11/h3-6,10-11H,1-2,7H2,(H,17,18). The number of alkyl halides is 3. The van der Waals surface area contributed by atoms with Crippen molar-refractivity contribution in [2.45, 2.75) is 29.3 Å². The second-order valence-electron chi connectivity index (χ2n) is 4.50. The third-order valence-electron chi connectivity index (χ3n) is 3.08. The predicted molar refractivity (Wildman–Crippen MR) is 67.4 cm³/mol. The Morgan fingerprint density at radius 3 is 2.50 bits per heavy atom. The van der Waals surface area contributed by atoms with E-state index in [9.17, 15) is 18.0 Å². The monoisotopic (exact) mass is 306 g/mol. The van der Waals surface area contributed by atoms with E-state index in [2.05, 4.69) is 0 Å². The van der Waals surface area contributed by atoms with E-state index in [1.54, 1.807) is 0 Å². The summed E-state index contributed by atoms with van der Waals surface area (Å²) in [5.41, 5.74) is -3.73. The van der Waals surface area contributed by atoms with Crippen LogP contribution in [0.1, 0.15) is 24.5 Å². The highest BCUT2D eigenvalue weighted by atomic mass is 32.2. The molecule has 1 aliphatic heterocycles. The summed E-state index contributed by atoms with van der Waals surface area (Å²) in [5, 5.41) is 9.14. The molecule has 3 nitrogen and oxygen atoms in total. The van der Waals surface area contributed by atoms with Crippen LogP contribution in [0, 0.1) is 5.92 Å². The fourth-order valence-corrected chi connectivity index (χ4v) is 2.76. The Kier molecular flexibility index (Phi) is 4.59. The zero-order valence-corrected chi connectivity index (χ0v) is 11.2. The van der Waals surface area contributed by atoms with Gasteiger partial charge in [0.05, 0.1) is 12.0 Å². The number of hydrogen-bond donors (Lipinski definition) is 1. The van der Waals surface area contributed by atoms with Crippen molar-refractivity contribution < 1.29 is 27.8 Å². The van der Waals surface area contributed by atoms with Crippen LogP contribution in [0.5, 0.6) is 0 Å². The predicted octanol–water partition coefficient (Wildman–Crippen LogP) is 3.85. The highest BCUT2D eigenvalue weighted by Crippen LogP contribution is 2.38. The molecule has 0 saturated carbocycles. The third kappa shape index (κ3) is 3.89. The van der Waals surface area contributed by atoms with Gasteiger partial charge in [0.15, 0.2) is 0 Å². The molecule has 1 aromatic rings. The Morgan fingerprint density at radius 2 is 1.95 bits per heavy atom. The van der Waals surface area contributed by atoms with Gasteiger partial charge in [0.2, 0.25) is 0 Å². The largest absolute Gasteiger partial charge is 0.481 e. The van der Waals surface area contributed by atoms with Gasteiger partial charge >= 0.3 is 11.5 Å². The number of hydrogen-bond acceptors (Lipinski definition) is 3. The van der Waals surface area contributed by atoms with E-state index in [0.717, 1.165) is 0 Å². The lowest BCUT2D eigenvalue weighted by atomic mass is 9.90. The number of halogens is 3. The van der Waals surface area contributed by atoms with Crippen LogP contribution in [-0.2, 0) is 9.53 Å². The van der Waals surface area contributed by atoms with Crippen molar-refractivity contribution >= 4 is 17.7 Å². The van der Waals surface area contributed by atoms with Crippen molar-refractivity contribution in [3.05, 3.63) is 29.8 Å². The maximum absolute atomic E-state index is 12.2. The summed E-state index contributed by atoms with van der Waals surface area (Å²) in [6.45, 7) is 0.466. The molecule has 0 amide bonds. The number of benzene rings is 1. The minimum atomic E-state index is -4.33. The van der Waals surface area contributed by atoms with Crippen LogP contribution in [0.25, 0.3) is 0 Å². The zero-order valence-electron chi connectivity index (χ0n) is 10.4. The summed E-state index contributed by atoms with van der Waals surface area (Å²) < 4.78 is 42.1. The number of aliphatic carboxylic acids is 1. The lowest BCUT2D eigenvalue weighted by Gasteiger charge is -2.29. The topological polar surface area (TPSA) is 46.5 Å². The molecule has 7 heteroatoms. The summed E-state index contributed by atoms with van der Waals surface area (Å²) >= 11 is -0.194. The summed E-state index contributed by atoms with van der Waals surface area (Å²) in [5.74, 6) is -1.59. The second-order valence-corrected chi connectivity index (χ2v) is 5.63. The minimum absolute atomic E-state index is 0.0731. The molecular formula is C13H13F3O3S. The molecule has 1 fully saturated rings. The van der Waals surface area contributed by atoms with Crippen molar-refractivity contribution in [3.63, 3.8) is 0 Å². The number of carboxylic acids is 1. The first-order valence-corrected chi connectivity index (χ1v) is 6.88. The summed E-state index contributed by atoms with van der Waals surface area (Å²) in [4.78, 5) is 11.2. The normalized spacial score (nSPS) is 23.6. The quantitative estimate of drug-likeness (QED) is 0.862. The Morgan fingerprint density at radius 1 is 1.30 bits per heavy atom. The van der Waals surface area contributed by atoms with E-state index in [0.29, 0.717) is 25.0 Å². The number of carbonyl (C=O) groups is 1. The highest BCUT2D eigenvalue weighted by Gasteiger charge is 2.33. The first kappa shape index (κ1) is 15.2. The van der Waals surface area contributed by atoms with Gasteiger partial charge in [-0.1, -0.05) is 12.1 Å². The molecule has 2 unspecified atom stereocenters. The number of rotatable bonds is 3. The Labute approximate surface area is 118 Å². The first-order chi connectivity index (χ1) is 9.37. The van der Waals surface area contributed by atoms with Crippen LogP contribution >= 0.6 is 11.8 Å². The van der Waals surface area contributed by atoms with Crippen LogP contribution in [-0.4, -0.2) is 23.2 Å². The van der Waals surface area contributed by atoms with Crippen LogP contribution in [0.3, 0.4) is 0 Å².